The minimum Gasteiger partial charge on any atom is -0.312 e. The van der Waals surface area contributed by atoms with Gasteiger partial charge in [0.1, 0.15) is 11.7 Å². The highest BCUT2D eigenvalue weighted by Gasteiger charge is 2.65. The summed E-state index contributed by atoms with van der Waals surface area (Å²) < 4.78 is 54.7. The molecular weight excluding hydrogens is 354 g/mol. The van der Waals surface area contributed by atoms with Gasteiger partial charge in [-0.25, -0.2) is 9.38 Å². The first-order chi connectivity index (χ1) is 12.2. The quantitative estimate of drug-likeness (QED) is 0.820. The molecule has 2 aromatic carbocycles. The number of aliphatic imine (C=N–C) groups is 1. The zero-order chi connectivity index (χ0) is 18.9. The Balaban J connectivity index is 2.03. The van der Waals surface area contributed by atoms with Gasteiger partial charge in [-0.1, -0.05) is 42.5 Å². The van der Waals surface area contributed by atoms with Crippen molar-refractivity contribution in [1.29, 1.82) is 0 Å². The second kappa shape index (κ2) is 6.25. The van der Waals surface area contributed by atoms with Crippen LogP contribution in [0.5, 0.6) is 0 Å². The van der Waals surface area contributed by atoms with Crippen LogP contribution in [0.25, 0.3) is 0 Å². The molecular formula is C17H11F4N3O2. The average Bonchev–Trinajstić information content (AvgIpc) is 2.93. The molecule has 26 heavy (non-hydrogen) atoms. The standard InChI is InChI=1S/C17H11F4N3O2/c18-12-9-5-4-8-11(12)14(25)24-16(17(19,20)21)15(26)22-13(23-16)10-6-2-1-3-7-10/h1-9H,(H,24,25)(H,22,23,26)/t16-/m0/s1. The second-order valence-corrected chi connectivity index (χ2v) is 5.42. The van der Waals surface area contributed by atoms with Gasteiger partial charge in [0, 0.05) is 5.56 Å². The van der Waals surface area contributed by atoms with Crippen molar-refractivity contribution < 1.29 is 27.2 Å². The topological polar surface area (TPSA) is 70.6 Å². The van der Waals surface area contributed by atoms with Crippen LogP contribution in [0.15, 0.2) is 59.6 Å². The Morgan fingerprint density at radius 3 is 2.27 bits per heavy atom. The molecule has 0 fully saturated rings. The fraction of sp³-hybridized carbons (Fsp3) is 0.118. The molecule has 5 nitrogen and oxygen atoms in total. The lowest BCUT2D eigenvalue weighted by atomic mass is 10.1. The number of benzene rings is 2. The maximum absolute atomic E-state index is 13.7. The highest BCUT2D eigenvalue weighted by molar-refractivity contribution is 6.16. The monoisotopic (exact) mass is 365 g/mol. The first-order valence-electron chi connectivity index (χ1n) is 7.35. The molecule has 0 aliphatic carbocycles. The molecule has 0 saturated carbocycles. The molecule has 0 unspecified atom stereocenters. The van der Waals surface area contributed by atoms with Crippen LogP contribution in [-0.4, -0.2) is 29.5 Å². The van der Waals surface area contributed by atoms with Crippen molar-refractivity contribution in [1.82, 2.24) is 10.6 Å². The second-order valence-electron chi connectivity index (χ2n) is 5.42. The third-order valence-corrected chi connectivity index (χ3v) is 3.71. The number of hydrogen-bond acceptors (Lipinski definition) is 3. The van der Waals surface area contributed by atoms with E-state index < -0.39 is 35.0 Å². The van der Waals surface area contributed by atoms with E-state index in [1.807, 2.05) is 5.32 Å². The Hall–Kier alpha value is -3.23. The zero-order valence-corrected chi connectivity index (χ0v) is 13.0. The molecule has 0 spiro atoms. The normalized spacial score (nSPS) is 19.7. The fourth-order valence-corrected chi connectivity index (χ4v) is 2.40. The van der Waals surface area contributed by atoms with E-state index >= 15 is 0 Å². The van der Waals surface area contributed by atoms with E-state index in [1.54, 1.807) is 18.2 Å². The fourth-order valence-electron chi connectivity index (χ4n) is 2.40. The summed E-state index contributed by atoms with van der Waals surface area (Å²) in [4.78, 5) is 27.7. The summed E-state index contributed by atoms with van der Waals surface area (Å²) in [5, 5.41) is 3.56. The lowest BCUT2D eigenvalue weighted by Crippen LogP contribution is -2.63. The Morgan fingerprint density at radius 2 is 1.65 bits per heavy atom. The molecule has 1 aliphatic heterocycles. The Bertz CT molecular complexity index is 896. The third-order valence-electron chi connectivity index (χ3n) is 3.71. The molecule has 1 heterocycles. The largest absolute Gasteiger partial charge is 0.442 e. The predicted molar refractivity (Wildman–Crippen MR) is 83.8 cm³/mol. The van der Waals surface area contributed by atoms with Gasteiger partial charge in [-0.3, -0.25) is 9.59 Å². The summed E-state index contributed by atoms with van der Waals surface area (Å²) in [7, 11) is 0. The lowest BCUT2D eigenvalue weighted by molar-refractivity contribution is -0.192. The number of carbonyl (C=O) groups excluding carboxylic acids is 2. The van der Waals surface area contributed by atoms with Gasteiger partial charge in [-0.15, -0.1) is 0 Å². The van der Waals surface area contributed by atoms with E-state index in [-0.39, 0.29) is 11.4 Å². The van der Waals surface area contributed by atoms with Crippen molar-refractivity contribution in [3.05, 3.63) is 71.5 Å². The van der Waals surface area contributed by atoms with E-state index in [9.17, 15) is 27.2 Å². The summed E-state index contributed by atoms with van der Waals surface area (Å²) in [5.74, 6) is -4.35. The predicted octanol–water partition coefficient (Wildman–Crippen LogP) is 2.39. The molecule has 0 aromatic heterocycles. The number of rotatable bonds is 3. The van der Waals surface area contributed by atoms with Crippen LogP contribution in [0, 0.1) is 5.82 Å². The molecule has 2 aromatic rings. The van der Waals surface area contributed by atoms with Crippen molar-refractivity contribution in [2.75, 3.05) is 0 Å². The van der Waals surface area contributed by atoms with Gasteiger partial charge >= 0.3 is 11.8 Å². The number of hydrogen-bond donors (Lipinski definition) is 2. The summed E-state index contributed by atoms with van der Waals surface area (Å²) in [6.07, 6.45) is -5.24. The van der Waals surface area contributed by atoms with Gasteiger partial charge in [-0.2, -0.15) is 13.2 Å². The van der Waals surface area contributed by atoms with Gasteiger partial charge in [0.2, 0.25) is 0 Å². The van der Waals surface area contributed by atoms with Gasteiger partial charge in [0.15, 0.2) is 0 Å². The van der Waals surface area contributed by atoms with E-state index in [0.29, 0.717) is 0 Å². The summed E-state index contributed by atoms with van der Waals surface area (Å²) in [6, 6.07) is 12.1. The number of amidine groups is 1. The molecule has 134 valence electrons. The molecule has 3 rings (SSSR count). The van der Waals surface area contributed by atoms with Crippen LogP contribution in [0.3, 0.4) is 0 Å². The van der Waals surface area contributed by atoms with Gasteiger partial charge in [0.05, 0.1) is 5.56 Å². The maximum atomic E-state index is 13.7. The number of halogens is 4. The number of alkyl halides is 3. The molecule has 2 amide bonds. The van der Waals surface area contributed by atoms with Crippen molar-refractivity contribution in [3.8, 4) is 0 Å². The Kier molecular flexibility index (Phi) is 4.23. The van der Waals surface area contributed by atoms with Crippen LogP contribution < -0.4 is 10.6 Å². The molecule has 2 N–H and O–H groups in total. The summed E-state index contributed by atoms with van der Waals surface area (Å²) >= 11 is 0. The van der Waals surface area contributed by atoms with Crippen molar-refractivity contribution in [2.45, 2.75) is 11.8 Å². The minimum absolute atomic E-state index is 0.229. The smallest absolute Gasteiger partial charge is 0.312 e. The first kappa shape index (κ1) is 17.6. The molecule has 9 heteroatoms. The molecule has 1 aliphatic rings. The Morgan fingerprint density at radius 1 is 1.04 bits per heavy atom. The molecule has 1 atom stereocenters. The number of nitrogens with one attached hydrogen (secondary N) is 2. The molecule has 0 saturated heterocycles. The van der Waals surface area contributed by atoms with E-state index in [4.69, 9.17) is 0 Å². The van der Waals surface area contributed by atoms with Crippen LogP contribution in [0.4, 0.5) is 17.6 Å². The van der Waals surface area contributed by atoms with Crippen LogP contribution in [-0.2, 0) is 4.79 Å². The SMILES string of the molecule is O=C(N[C@@]1(C(F)(F)F)N=C(c2ccccc2)NC1=O)c1ccccc1F. The van der Waals surface area contributed by atoms with Gasteiger partial charge in [-0.05, 0) is 12.1 Å². The van der Waals surface area contributed by atoms with Gasteiger partial charge < -0.3 is 10.6 Å². The average molecular weight is 365 g/mol. The van der Waals surface area contributed by atoms with Crippen LogP contribution in [0.1, 0.15) is 15.9 Å². The summed E-state index contributed by atoms with van der Waals surface area (Å²) in [6.45, 7) is 0. The minimum atomic E-state index is -5.24. The van der Waals surface area contributed by atoms with Crippen LogP contribution >= 0.6 is 0 Å². The van der Waals surface area contributed by atoms with Crippen molar-refractivity contribution in [3.63, 3.8) is 0 Å². The number of nitrogens with zero attached hydrogens (tertiary/aromatic N) is 1. The summed E-state index contributed by atoms with van der Waals surface area (Å²) in [5.41, 5.74) is -3.95. The molecule has 0 bridgehead atoms. The maximum Gasteiger partial charge on any atom is 0.442 e. The van der Waals surface area contributed by atoms with E-state index in [0.717, 1.165) is 12.1 Å². The highest BCUT2D eigenvalue weighted by atomic mass is 19.4. The third kappa shape index (κ3) is 2.92. The molecule has 0 radical (unpaired) electrons. The van der Waals surface area contributed by atoms with Gasteiger partial charge in [0.25, 0.3) is 11.8 Å². The van der Waals surface area contributed by atoms with Crippen molar-refractivity contribution in [2.24, 2.45) is 4.99 Å². The lowest BCUT2D eigenvalue weighted by Gasteiger charge is -2.27. The van der Waals surface area contributed by atoms with Crippen LogP contribution in [0.2, 0.25) is 0 Å². The van der Waals surface area contributed by atoms with E-state index in [1.165, 1.54) is 29.6 Å². The zero-order valence-electron chi connectivity index (χ0n) is 13.0. The highest BCUT2D eigenvalue weighted by Crippen LogP contribution is 2.35. The number of carbonyl (C=O) groups is 2. The first-order valence-corrected chi connectivity index (χ1v) is 7.35. The van der Waals surface area contributed by atoms with E-state index in [2.05, 4.69) is 4.99 Å². The Labute approximate surface area is 144 Å². The number of amides is 2. The van der Waals surface area contributed by atoms with Crippen molar-refractivity contribution >= 4 is 17.6 Å².